The Hall–Kier alpha value is -2.52. The first kappa shape index (κ1) is 19.8. The number of fused-ring (bicyclic) bond motifs is 1. The molecule has 2 aliphatic heterocycles. The summed E-state index contributed by atoms with van der Waals surface area (Å²) in [6.45, 7) is 3.94. The summed E-state index contributed by atoms with van der Waals surface area (Å²) in [7, 11) is -3.20. The Bertz CT molecular complexity index is 1000. The minimum absolute atomic E-state index is 0.0584. The molecule has 3 heterocycles. The second kappa shape index (κ2) is 8.08. The molecule has 0 atom stereocenters. The maximum atomic E-state index is 12.7. The van der Waals surface area contributed by atoms with Crippen molar-refractivity contribution in [2.75, 3.05) is 37.5 Å². The summed E-state index contributed by atoms with van der Waals surface area (Å²) >= 11 is 0. The molecule has 9 heteroatoms. The predicted octanol–water partition coefficient (Wildman–Crippen LogP) is 1.19. The summed E-state index contributed by atoms with van der Waals surface area (Å²) in [5, 5.41) is 0. The molecule has 1 amide bonds. The second-order valence-electron chi connectivity index (χ2n) is 7.41. The molecular weight excluding hydrogens is 392 g/mol. The van der Waals surface area contributed by atoms with Crippen molar-refractivity contribution in [3.63, 3.8) is 0 Å². The molecule has 8 nitrogen and oxygen atoms in total. The maximum absolute atomic E-state index is 12.7. The lowest BCUT2D eigenvalue weighted by Gasteiger charge is -2.26. The average molecular weight is 417 g/mol. The molecule has 0 radical (unpaired) electrons. The van der Waals surface area contributed by atoms with Gasteiger partial charge in [0, 0.05) is 44.1 Å². The molecule has 1 saturated heterocycles. The number of ether oxygens (including phenoxy) is 1. The van der Waals surface area contributed by atoms with E-state index >= 15 is 0 Å². The second-order valence-corrected chi connectivity index (χ2v) is 9.42. The van der Waals surface area contributed by atoms with Crippen LogP contribution in [0.3, 0.4) is 0 Å². The van der Waals surface area contributed by atoms with E-state index in [0.717, 1.165) is 29.9 Å². The summed E-state index contributed by atoms with van der Waals surface area (Å²) in [5.41, 5.74) is 2.84. The van der Waals surface area contributed by atoms with Crippen LogP contribution in [0.4, 0.5) is 5.95 Å². The molecule has 1 aromatic heterocycles. The Labute approximate surface area is 170 Å². The van der Waals surface area contributed by atoms with Crippen LogP contribution >= 0.6 is 0 Å². The quantitative estimate of drug-likeness (QED) is 0.723. The van der Waals surface area contributed by atoms with Crippen LogP contribution in [0, 0.1) is 0 Å². The summed E-state index contributed by atoms with van der Waals surface area (Å²) in [6, 6.07) is 6.71. The van der Waals surface area contributed by atoms with Crippen LogP contribution in [0.15, 0.2) is 35.4 Å². The highest BCUT2D eigenvalue weighted by molar-refractivity contribution is 7.90. The highest BCUT2D eigenvalue weighted by atomic mass is 32.2. The number of carbonyl (C=O) groups excluding carboxylic acids is 1. The van der Waals surface area contributed by atoms with E-state index in [9.17, 15) is 13.2 Å². The Balaban J connectivity index is 1.35. The number of amides is 1. The van der Waals surface area contributed by atoms with Gasteiger partial charge in [-0.3, -0.25) is 4.79 Å². The molecule has 1 fully saturated rings. The van der Waals surface area contributed by atoms with Crippen LogP contribution in [-0.2, 0) is 38.9 Å². The van der Waals surface area contributed by atoms with Crippen molar-refractivity contribution in [2.24, 2.45) is 0 Å². The third-order valence-corrected chi connectivity index (χ3v) is 6.40. The van der Waals surface area contributed by atoms with Gasteiger partial charge in [-0.15, -0.1) is 0 Å². The molecular formula is C20H24N4O4S. The zero-order chi connectivity index (χ0) is 20.4. The van der Waals surface area contributed by atoms with E-state index in [1.807, 2.05) is 6.20 Å². The SMILES string of the molecule is CS(=O)(=O)c1ccc(CCC(=O)N2Cc3cnc(N4CCOCC4)nc3C2)cc1. The van der Waals surface area contributed by atoms with Crippen LogP contribution < -0.4 is 4.90 Å². The molecule has 0 bridgehead atoms. The topological polar surface area (TPSA) is 92.7 Å². The Kier molecular flexibility index (Phi) is 5.51. The van der Waals surface area contributed by atoms with Crippen LogP contribution in [-0.4, -0.2) is 61.8 Å². The molecule has 154 valence electrons. The standard InChI is InChI=1S/C20H24N4O4S/c1-29(26,27)17-5-2-15(3-6-17)4-7-19(25)24-13-16-12-21-20(22-18(16)14-24)23-8-10-28-11-9-23/h2-3,5-6,12H,4,7-11,13-14H2,1H3. The number of aromatic nitrogens is 2. The number of aryl methyl sites for hydroxylation is 1. The average Bonchev–Trinajstić information content (AvgIpc) is 3.16. The summed E-state index contributed by atoms with van der Waals surface area (Å²) in [5.74, 6) is 0.760. The lowest BCUT2D eigenvalue weighted by molar-refractivity contribution is -0.131. The number of rotatable bonds is 5. The van der Waals surface area contributed by atoms with Gasteiger partial charge in [0.05, 0.1) is 30.3 Å². The van der Waals surface area contributed by atoms with E-state index in [1.54, 1.807) is 29.2 Å². The van der Waals surface area contributed by atoms with Gasteiger partial charge in [0.25, 0.3) is 0 Å². The van der Waals surface area contributed by atoms with E-state index in [-0.39, 0.29) is 10.8 Å². The number of carbonyl (C=O) groups is 1. The number of hydrogen-bond donors (Lipinski definition) is 0. The van der Waals surface area contributed by atoms with Crippen LogP contribution in [0.1, 0.15) is 23.2 Å². The molecule has 0 saturated carbocycles. The fourth-order valence-electron chi connectivity index (χ4n) is 3.55. The van der Waals surface area contributed by atoms with Crippen molar-refractivity contribution >= 4 is 21.7 Å². The lowest BCUT2D eigenvalue weighted by atomic mass is 10.1. The molecule has 1 aromatic carbocycles. The Morgan fingerprint density at radius 1 is 1.14 bits per heavy atom. The van der Waals surface area contributed by atoms with E-state index in [4.69, 9.17) is 4.74 Å². The van der Waals surface area contributed by atoms with E-state index in [0.29, 0.717) is 45.1 Å². The van der Waals surface area contributed by atoms with Crippen molar-refractivity contribution in [1.29, 1.82) is 0 Å². The zero-order valence-corrected chi connectivity index (χ0v) is 17.2. The summed E-state index contributed by atoms with van der Waals surface area (Å²) in [6.07, 6.45) is 3.95. The number of sulfone groups is 1. The number of nitrogens with zero attached hydrogens (tertiary/aromatic N) is 4. The van der Waals surface area contributed by atoms with Gasteiger partial charge in [0.15, 0.2) is 9.84 Å². The summed E-state index contributed by atoms with van der Waals surface area (Å²) in [4.78, 5) is 26.0. The van der Waals surface area contributed by atoms with Gasteiger partial charge in [0.1, 0.15) is 0 Å². The van der Waals surface area contributed by atoms with Gasteiger partial charge in [-0.05, 0) is 24.1 Å². The predicted molar refractivity (Wildman–Crippen MR) is 107 cm³/mol. The van der Waals surface area contributed by atoms with Gasteiger partial charge in [-0.25, -0.2) is 18.4 Å². The minimum Gasteiger partial charge on any atom is -0.378 e. The van der Waals surface area contributed by atoms with Gasteiger partial charge >= 0.3 is 0 Å². The fraction of sp³-hybridized carbons (Fsp3) is 0.450. The molecule has 2 aromatic rings. The van der Waals surface area contributed by atoms with E-state index in [1.165, 1.54) is 6.26 Å². The smallest absolute Gasteiger partial charge is 0.225 e. The summed E-state index contributed by atoms with van der Waals surface area (Å²) < 4.78 is 28.4. The molecule has 29 heavy (non-hydrogen) atoms. The van der Waals surface area contributed by atoms with Gasteiger partial charge in [-0.1, -0.05) is 12.1 Å². The molecule has 0 aliphatic carbocycles. The van der Waals surface area contributed by atoms with Crippen molar-refractivity contribution < 1.29 is 17.9 Å². The fourth-order valence-corrected chi connectivity index (χ4v) is 4.18. The van der Waals surface area contributed by atoms with Crippen molar-refractivity contribution in [2.45, 2.75) is 30.8 Å². The van der Waals surface area contributed by atoms with E-state index in [2.05, 4.69) is 14.9 Å². The monoisotopic (exact) mass is 416 g/mol. The molecule has 0 spiro atoms. The molecule has 2 aliphatic rings. The highest BCUT2D eigenvalue weighted by Gasteiger charge is 2.26. The van der Waals surface area contributed by atoms with Gasteiger partial charge < -0.3 is 14.5 Å². The van der Waals surface area contributed by atoms with Crippen LogP contribution in [0.5, 0.6) is 0 Å². The van der Waals surface area contributed by atoms with Crippen LogP contribution in [0.25, 0.3) is 0 Å². The number of morpholine rings is 1. The third-order valence-electron chi connectivity index (χ3n) is 5.27. The van der Waals surface area contributed by atoms with E-state index < -0.39 is 9.84 Å². The first-order chi connectivity index (χ1) is 13.9. The lowest BCUT2D eigenvalue weighted by Crippen LogP contribution is -2.37. The maximum Gasteiger partial charge on any atom is 0.225 e. The number of hydrogen-bond acceptors (Lipinski definition) is 7. The normalized spacial score (nSPS) is 16.7. The first-order valence-electron chi connectivity index (χ1n) is 9.64. The van der Waals surface area contributed by atoms with Crippen molar-refractivity contribution in [3.05, 3.63) is 47.3 Å². The Morgan fingerprint density at radius 2 is 1.86 bits per heavy atom. The molecule has 0 unspecified atom stereocenters. The molecule has 0 N–H and O–H groups in total. The minimum atomic E-state index is -3.20. The zero-order valence-electron chi connectivity index (χ0n) is 16.4. The third kappa shape index (κ3) is 4.56. The highest BCUT2D eigenvalue weighted by Crippen LogP contribution is 2.24. The molecule has 4 rings (SSSR count). The number of benzene rings is 1. The van der Waals surface area contributed by atoms with Gasteiger partial charge in [-0.2, -0.15) is 0 Å². The largest absolute Gasteiger partial charge is 0.378 e. The first-order valence-corrected chi connectivity index (χ1v) is 11.5. The Morgan fingerprint density at radius 3 is 2.55 bits per heavy atom. The van der Waals surface area contributed by atoms with Crippen molar-refractivity contribution in [3.8, 4) is 0 Å². The van der Waals surface area contributed by atoms with Crippen molar-refractivity contribution in [1.82, 2.24) is 14.9 Å². The van der Waals surface area contributed by atoms with Crippen LogP contribution in [0.2, 0.25) is 0 Å². The van der Waals surface area contributed by atoms with Gasteiger partial charge in [0.2, 0.25) is 11.9 Å². The number of anilines is 1.